The molecule has 1 N–H and O–H groups in total. The molecule has 1 aliphatic carbocycles. The van der Waals surface area contributed by atoms with Crippen LogP contribution in [-0.2, 0) is 24.8 Å². The van der Waals surface area contributed by atoms with E-state index in [0.717, 1.165) is 56.9 Å². The summed E-state index contributed by atoms with van der Waals surface area (Å²) in [6.45, 7) is 2.86. The summed E-state index contributed by atoms with van der Waals surface area (Å²) in [6, 6.07) is 25.4. The summed E-state index contributed by atoms with van der Waals surface area (Å²) >= 11 is 6.79. The molecule has 0 unspecified atom stereocenters. The lowest BCUT2D eigenvalue weighted by molar-refractivity contribution is -0.0123. The van der Waals surface area contributed by atoms with Crippen LogP contribution >= 0.6 is 11.6 Å². The number of para-hydroxylation sites is 1. The van der Waals surface area contributed by atoms with E-state index in [4.69, 9.17) is 11.6 Å². The number of nitrogens with one attached hydrogen (secondary N) is 1. The molecule has 1 aliphatic heterocycles. The summed E-state index contributed by atoms with van der Waals surface area (Å²) in [4.78, 5) is 23.1. The standard InChI is InChI=1S/C35H40ClN3O/c1-4-11-26-14-10-16-29(36)31(26)33(40)39-23-18-28-27-15-8-9-17-30(27)37-32(28)35(39)21-19-34(20-22-35,38(2)3)24-25-12-6-5-7-13-25/h5-10,12-17,37H,4,11,18-24H2,1-3H3. The number of carbonyl (C=O) groups is 1. The monoisotopic (exact) mass is 553 g/mol. The molecule has 6 rings (SSSR count). The van der Waals surface area contributed by atoms with Gasteiger partial charge in [0, 0.05) is 28.7 Å². The molecule has 1 fully saturated rings. The van der Waals surface area contributed by atoms with E-state index < -0.39 is 0 Å². The van der Waals surface area contributed by atoms with Gasteiger partial charge in [-0.25, -0.2) is 0 Å². The number of hydrogen-bond donors (Lipinski definition) is 1. The van der Waals surface area contributed by atoms with Gasteiger partial charge < -0.3 is 14.8 Å². The van der Waals surface area contributed by atoms with Crippen LogP contribution < -0.4 is 0 Å². The SMILES string of the molecule is CCCc1cccc(Cl)c1C(=O)N1CCc2c([nH]c3ccccc23)C12CCC(Cc1ccccc1)(N(C)C)CC2. The van der Waals surface area contributed by atoms with Crippen LogP contribution in [0.2, 0.25) is 5.02 Å². The average molecular weight is 554 g/mol. The summed E-state index contributed by atoms with van der Waals surface area (Å²) in [7, 11) is 4.44. The fraction of sp³-hybridized carbons (Fsp3) is 0.400. The second-order valence-electron chi connectivity index (χ2n) is 12.1. The Morgan fingerprint density at radius 2 is 1.68 bits per heavy atom. The fourth-order valence-corrected chi connectivity index (χ4v) is 7.83. The number of nitrogens with zero attached hydrogens (tertiary/aromatic N) is 2. The largest absolute Gasteiger partial charge is 0.356 e. The maximum atomic E-state index is 14.6. The predicted molar refractivity (Wildman–Crippen MR) is 165 cm³/mol. The van der Waals surface area contributed by atoms with E-state index in [1.165, 1.54) is 27.7 Å². The van der Waals surface area contributed by atoms with Crippen LogP contribution in [-0.4, -0.2) is 46.9 Å². The van der Waals surface area contributed by atoms with Crippen molar-refractivity contribution < 1.29 is 4.79 Å². The van der Waals surface area contributed by atoms with Crippen molar-refractivity contribution in [1.82, 2.24) is 14.8 Å². The number of aromatic amines is 1. The molecule has 2 aliphatic rings. The highest BCUT2D eigenvalue weighted by Crippen LogP contribution is 2.52. The number of aromatic nitrogens is 1. The molecule has 1 spiro atoms. The van der Waals surface area contributed by atoms with Crippen LogP contribution in [0, 0.1) is 0 Å². The molecule has 1 amide bonds. The van der Waals surface area contributed by atoms with Crippen molar-refractivity contribution in [2.45, 2.75) is 69.4 Å². The normalized spacial score (nSPS) is 22.7. The Balaban J connectivity index is 1.44. The Morgan fingerprint density at radius 1 is 0.950 bits per heavy atom. The van der Waals surface area contributed by atoms with Crippen LogP contribution in [0.25, 0.3) is 10.9 Å². The predicted octanol–water partition coefficient (Wildman–Crippen LogP) is 7.78. The molecule has 40 heavy (non-hydrogen) atoms. The molecule has 208 valence electrons. The summed E-state index contributed by atoms with van der Waals surface area (Å²) in [5.41, 5.74) is 6.57. The zero-order valence-electron chi connectivity index (χ0n) is 24.0. The first-order valence-corrected chi connectivity index (χ1v) is 15.2. The molecule has 4 nitrogen and oxygen atoms in total. The minimum Gasteiger partial charge on any atom is -0.356 e. The molecule has 5 heteroatoms. The van der Waals surface area contributed by atoms with E-state index in [1.54, 1.807) is 0 Å². The van der Waals surface area contributed by atoms with Gasteiger partial charge in [0.05, 0.1) is 16.1 Å². The molecule has 2 heterocycles. The van der Waals surface area contributed by atoms with Gasteiger partial charge in [-0.1, -0.05) is 85.6 Å². The lowest BCUT2D eigenvalue weighted by Gasteiger charge is -2.55. The molecule has 3 aromatic carbocycles. The van der Waals surface area contributed by atoms with Crippen LogP contribution in [0.4, 0.5) is 0 Å². The maximum absolute atomic E-state index is 14.6. The van der Waals surface area contributed by atoms with Crippen molar-refractivity contribution in [3.63, 3.8) is 0 Å². The number of benzene rings is 3. The van der Waals surface area contributed by atoms with E-state index in [-0.39, 0.29) is 17.0 Å². The zero-order valence-corrected chi connectivity index (χ0v) is 24.7. The second-order valence-corrected chi connectivity index (χ2v) is 12.5. The number of hydrogen-bond acceptors (Lipinski definition) is 2. The van der Waals surface area contributed by atoms with Gasteiger partial charge in [0.15, 0.2) is 0 Å². The van der Waals surface area contributed by atoms with Crippen LogP contribution in [0.5, 0.6) is 0 Å². The van der Waals surface area contributed by atoms with Gasteiger partial charge in [0.1, 0.15) is 0 Å². The van der Waals surface area contributed by atoms with Crippen LogP contribution in [0.3, 0.4) is 0 Å². The maximum Gasteiger partial charge on any atom is 0.256 e. The highest BCUT2D eigenvalue weighted by Gasteiger charge is 2.52. The molecule has 0 atom stereocenters. The Bertz CT molecular complexity index is 1510. The number of rotatable bonds is 6. The van der Waals surface area contributed by atoms with Crippen molar-refractivity contribution in [1.29, 1.82) is 0 Å². The van der Waals surface area contributed by atoms with Gasteiger partial charge in [-0.2, -0.15) is 0 Å². The first kappa shape index (κ1) is 27.1. The number of H-pyrrole nitrogens is 1. The fourth-order valence-electron chi connectivity index (χ4n) is 7.55. The highest BCUT2D eigenvalue weighted by molar-refractivity contribution is 6.34. The number of likely N-dealkylation sites (N-methyl/N-ethyl adjacent to an activating group) is 1. The molecular formula is C35H40ClN3O. The van der Waals surface area contributed by atoms with Gasteiger partial charge in [-0.05, 0) is 87.9 Å². The molecular weight excluding hydrogens is 514 g/mol. The first-order chi connectivity index (χ1) is 19.4. The van der Waals surface area contributed by atoms with Crippen molar-refractivity contribution in [2.24, 2.45) is 0 Å². The van der Waals surface area contributed by atoms with Gasteiger partial charge in [0.25, 0.3) is 5.91 Å². The third kappa shape index (κ3) is 4.46. The van der Waals surface area contributed by atoms with Crippen molar-refractivity contribution in [3.8, 4) is 0 Å². The number of fused-ring (bicyclic) bond motifs is 4. The molecule has 0 radical (unpaired) electrons. The number of amides is 1. The zero-order chi connectivity index (χ0) is 27.9. The Morgan fingerprint density at radius 3 is 2.40 bits per heavy atom. The molecule has 1 saturated carbocycles. The lowest BCUT2D eigenvalue weighted by atomic mass is 9.65. The van der Waals surface area contributed by atoms with E-state index in [0.29, 0.717) is 17.1 Å². The van der Waals surface area contributed by atoms with E-state index in [9.17, 15) is 4.79 Å². The Kier molecular flexibility index (Phi) is 7.27. The second kappa shape index (κ2) is 10.7. The molecule has 4 aromatic rings. The highest BCUT2D eigenvalue weighted by atomic mass is 35.5. The summed E-state index contributed by atoms with van der Waals surface area (Å²) in [6.07, 6.45) is 7.53. The van der Waals surface area contributed by atoms with E-state index in [2.05, 4.69) is 96.5 Å². The third-order valence-electron chi connectivity index (χ3n) is 9.79. The quantitative estimate of drug-likeness (QED) is 0.265. The van der Waals surface area contributed by atoms with Crippen molar-refractivity contribution in [2.75, 3.05) is 20.6 Å². The topological polar surface area (TPSA) is 39.3 Å². The lowest BCUT2D eigenvalue weighted by Crippen LogP contribution is -2.60. The van der Waals surface area contributed by atoms with Gasteiger partial charge in [0.2, 0.25) is 0 Å². The first-order valence-electron chi connectivity index (χ1n) is 14.8. The van der Waals surface area contributed by atoms with Gasteiger partial charge >= 0.3 is 0 Å². The summed E-state index contributed by atoms with van der Waals surface area (Å²) in [5.74, 6) is 0.0822. The average Bonchev–Trinajstić information content (AvgIpc) is 3.35. The van der Waals surface area contributed by atoms with Crippen molar-refractivity contribution in [3.05, 3.63) is 106 Å². The van der Waals surface area contributed by atoms with E-state index >= 15 is 0 Å². The minimum absolute atomic E-state index is 0.0444. The molecule has 1 aromatic heterocycles. The Labute approximate surface area is 243 Å². The molecule has 0 bridgehead atoms. The smallest absolute Gasteiger partial charge is 0.256 e. The summed E-state index contributed by atoms with van der Waals surface area (Å²) in [5, 5.41) is 1.86. The number of halogens is 1. The van der Waals surface area contributed by atoms with E-state index in [1.807, 2.05) is 12.1 Å². The number of aryl methyl sites for hydroxylation is 1. The van der Waals surface area contributed by atoms with Crippen LogP contribution in [0.15, 0.2) is 72.8 Å². The van der Waals surface area contributed by atoms with Crippen molar-refractivity contribution >= 4 is 28.4 Å². The van der Waals surface area contributed by atoms with Gasteiger partial charge in [-0.3, -0.25) is 4.79 Å². The van der Waals surface area contributed by atoms with Gasteiger partial charge in [-0.15, -0.1) is 0 Å². The van der Waals surface area contributed by atoms with Crippen LogP contribution in [0.1, 0.15) is 71.8 Å². The number of carbonyl (C=O) groups excluding carboxylic acids is 1. The minimum atomic E-state index is -0.386. The molecule has 0 saturated heterocycles. The summed E-state index contributed by atoms with van der Waals surface area (Å²) < 4.78 is 0. The Hall–Kier alpha value is -3.08. The third-order valence-corrected chi connectivity index (χ3v) is 10.1.